The number of benzene rings is 2. The molecule has 1 saturated heterocycles. The van der Waals surface area contributed by atoms with Crippen molar-refractivity contribution < 1.29 is 8.42 Å². The summed E-state index contributed by atoms with van der Waals surface area (Å²) in [6.45, 7) is 6.35. The Morgan fingerprint density at radius 2 is 1.58 bits per heavy atom. The van der Waals surface area contributed by atoms with Crippen molar-refractivity contribution in [1.29, 1.82) is 0 Å². The second-order valence-corrected chi connectivity index (χ2v) is 10.1. The second-order valence-electron chi connectivity index (χ2n) is 8.01. The third-order valence-electron chi connectivity index (χ3n) is 5.90. The highest BCUT2D eigenvalue weighted by Gasteiger charge is 2.27. The summed E-state index contributed by atoms with van der Waals surface area (Å²) in [5.74, 6) is 0.926. The van der Waals surface area contributed by atoms with Crippen LogP contribution in [0.15, 0.2) is 60.7 Å². The van der Waals surface area contributed by atoms with Crippen LogP contribution in [0.3, 0.4) is 0 Å². The highest BCUT2D eigenvalue weighted by atomic mass is 32.2. The molecule has 1 fully saturated rings. The number of sulfonamides is 1. The van der Waals surface area contributed by atoms with Gasteiger partial charge in [-0.1, -0.05) is 42.5 Å². The summed E-state index contributed by atoms with van der Waals surface area (Å²) in [5, 5.41) is 8.80. The first-order valence-electron chi connectivity index (χ1n) is 10.6. The molecular weight excluding hydrogens is 408 g/mol. The highest BCUT2D eigenvalue weighted by molar-refractivity contribution is 7.89. The molecule has 0 radical (unpaired) electrons. The van der Waals surface area contributed by atoms with E-state index in [9.17, 15) is 8.42 Å². The molecule has 2 heterocycles. The normalized spacial score (nSPS) is 15.2. The third-order valence-corrected chi connectivity index (χ3v) is 7.77. The largest absolute Gasteiger partial charge is 0.352 e. The van der Waals surface area contributed by atoms with E-state index in [0.717, 1.165) is 22.6 Å². The molecule has 0 saturated carbocycles. The van der Waals surface area contributed by atoms with Crippen molar-refractivity contribution in [3.63, 3.8) is 0 Å². The molecule has 6 nitrogen and oxygen atoms in total. The predicted molar refractivity (Wildman–Crippen MR) is 125 cm³/mol. The number of aromatic nitrogens is 2. The minimum Gasteiger partial charge on any atom is -0.352 e. The number of hydrogen-bond donors (Lipinski definition) is 0. The molecule has 0 spiro atoms. The van der Waals surface area contributed by atoms with Crippen LogP contribution >= 0.6 is 0 Å². The number of piperazine rings is 1. The molecule has 2 aromatic carbocycles. The monoisotopic (exact) mass is 436 g/mol. The van der Waals surface area contributed by atoms with Crippen LogP contribution in [0, 0.1) is 13.8 Å². The maximum atomic E-state index is 12.7. The molecule has 1 aromatic heterocycles. The minimum atomic E-state index is -3.27. The van der Waals surface area contributed by atoms with E-state index in [1.54, 1.807) is 4.31 Å². The number of hydrogen-bond acceptors (Lipinski definition) is 5. The fourth-order valence-corrected chi connectivity index (χ4v) is 5.24. The van der Waals surface area contributed by atoms with E-state index in [4.69, 9.17) is 0 Å². The topological polar surface area (TPSA) is 66.4 Å². The molecule has 7 heteroatoms. The lowest BCUT2D eigenvalue weighted by Crippen LogP contribution is -2.49. The number of aryl methyl sites for hydroxylation is 3. The molecule has 1 aliphatic heterocycles. The average molecular weight is 437 g/mol. The van der Waals surface area contributed by atoms with Crippen molar-refractivity contribution in [2.75, 3.05) is 36.8 Å². The lowest BCUT2D eigenvalue weighted by atomic mass is 10.0. The Morgan fingerprint density at radius 3 is 2.23 bits per heavy atom. The molecule has 0 amide bonds. The zero-order valence-corrected chi connectivity index (χ0v) is 18.8. The van der Waals surface area contributed by atoms with Crippen LogP contribution in [0.2, 0.25) is 0 Å². The molecule has 31 heavy (non-hydrogen) atoms. The zero-order valence-electron chi connectivity index (χ0n) is 18.0. The van der Waals surface area contributed by atoms with Crippen molar-refractivity contribution in [2.24, 2.45) is 0 Å². The molecule has 0 unspecified atom stereocenters. The summed E-state index contributed by atoms with van der Waals surface area (Å²) in [5.41, 5.74) is 5.42. The van der Waals surface area contributed by atoms with Crippen LogP contribution in [-0.2, 0) is 16.4 Å². The number of rotatable bonds is 6. The maximum absolute atomic E-state index is 12.7. The lowest BCUT2D eigenvalue weighted by Gasteiger charge is -2.34. The Balaban J connectivity index is 1.35. The maximum Gasteiger partial charge on any atom is 0.214 e. The highest BCUT2D eigenvalue weighted by Crippen LogP contribution is 2.22. The average Bonchev–Trinajstić information content (AvgIpc) is 2.80. The summed E-state index contributed by atoms with van der Waals surface area (Å²) in [6.07, 6.45) is 0.537. The Morgan fingerprint density at radius 1 is 0.839 bits per heavy atom. The van der Waals surface area contributed by atoms with E-state index in [2.05, 4.69) is 47.1 Å². The molecule has 0 bridgehead atoms. The van der Waals surface area contributed by atoms with E-state index in [1.807, 2.05) is 42.5 Å². The van der Waals surface area contributed by atoms with Gasteiger partial charge in [0.25, 0.3) is 0 Å². The van der Waals surface area contributed by atoms with Gasteiger partial charge in [-0.3, -0.25) is 0 Å². The van der Waals surface area contributed by atoms with Crippen LogP contribution in [0.1, 0.15) is 16.7 Å². The summed E-state index contributed by atoms with van der Waals surface area (Å²) >= 11 is 0. The zero-order chi connectivity index (χ0) is 21.8. The van der Waals surface area contributed by atoms with E-state index in [0.29, 0.717) is 32.6 Å². The first-order chi connectivity index (χ1) is 14.9. The van der Waals surface area contributed by atoms with Gasteiger partial charge in [0.2, 0.25) is 10.0 Å². The van der Waals surface area contributed by atoms with Gasteiger partial charge < -0.3 is 4.90 Å². The van der Waals surface area contributed by atoms with Crippen LogP contribution in [-0.4, -0.2) is 54.9 Å². The fraction of sp³-hybridized carbons (Fsp3) is 0.333. The van der Waals surface area contributed by atoms with Crippen molar-refractivity contribution in [2.45, 2.75) is 20.3 Å². The molecule has 0 atom stereocenters. The van der Waals surface area contributed by atoms with E-state index >= 15 is 0 Å². The Labute approximate surface area is 184 Å². The number of nitrogens with zero attached hydrogens (tertiary/aromatic N) is 4. The van der Waals surface area contributed by atoms with Gasteiger partial charge in [-0.05, 0) is 55.2 Å². The third kappa shape index (κ3) is 5.11. The number of anilines is 1. The molecule has 4 rings (SSSR count). The Hall–Kier alpha value is -2.77. The summed E-state index contributed by atoms with van der Waals surface area (Å²) in [7, 11) is -3.27. The van der Waals surface area contributed by atoms with Gasteiger partial charge in [-0.2, -0.15) is 4.31 Å². The quantitative estimate of drug-likeness (QED) is 0.592. The molecule has 0 aliphatic carbocycles. The summed E-state index contributed by atoms with van der Waals surface area (Å²) in [6, 6.07) is 20.0. The standard InChI is InChI=1S/C24H28N4O2S/c1-19-8-9-22(18-20(19)2)23-10-11-24(26-25-23)27-13-15-28(16-14-27)31(29,30)17-12-21-6-4-3-5-7-21/h3-11,18H,12-17H2,1-2H3. The van der Waals surface area contributed by atoms with Gasteiger partial charge in [0, 0.05) is 31.7 Å². The summed E-state index contributed by atoms with van der Waals surface area (Å²) in [4.78, 5) is 2.10. The van der Waals surface area contributed by atoms with E-state index in [-0.39, 0.29) is 5.75 Å². The molecule has 3 aromatic rings. The van der Waals surface area contributed by atoms with Gasteiger partial charge in [0.1, 0.15) is 0 Å². The molecule has 1 aliphatic rings. The van der Waals surface area contributed by atoms with Gasteiger partial charge >= 0.3 is 0 Å². The van der Waals surface area contributed by atoms with Crippen LogP contribution in [0.4, 0.5) is 5.82 Å². The van der Waals surface area contributed by atoms with Crippen molar-refractivity contribution in [3.05, 3.63) is 77.4 Å². The van der Waals surface area contributed by atoms with Crippen LogP contribution in [0.5, 0.6) is 0 Å². The van der Waals surface area contributed by atoms with Crippen molar-refractivity contribution >= 4 is 15.8 Å². The van der Waals surface area contributed by atoms with Crippen molar-refractivity contribution in [1.82, 2.24) is 14.5 Å². The SMILES string of the molecule is Cc1ccc(-c2ccc(N3CCN(S(=O)(=O)CCc4ccccc4)CC3)nn2)cc1C. The summed E-state index contributed by atoms with van der Waals surface area (Å²) < 4.78 is 27.1. The second kappa shape index (κ2) is 9.16. The van der Waals surface area contributed by atoms with Gasteiger partial charge in [0.05, 0.1) is 11.4 Å². The predicted octanol–water partition coefficient (Wildman–Crippen LogP) is 3.45. The van der Waals surface area contributed by atoms with Gasteiger partial charge in [-0.25, -0.2) is 8.42 Å². The Kier molecular flexibility index (Phi) is 6.34. The molecular formula is C24H28N4O2S. The Bertz CT molecular complexity index is 1120. The van der Waals surface area contributed by atoms with Crippen LogP contribution in [0.25, 0.3) is 11.3 Å². The molecule has 0 N–H and O–H groups in total. The van der Waals surface area contributed by atoms with Gasteiger partial charge in [-0.15, -0.1) is 10.2 Å². The lowest BCUT2D eigenvalue weighted by molar-refractivity contribution is 0.383. The van der Waals surface area contributed by atoms with E-state index in [1.165, 1.54) is 11.1 Å². The molecule has 162 valence electrons. The van der Waals surface area contributed by atoms with Gasteiger partial charge in [0.15, 0.2) is 5.82 Å². The smallest absolute Gasteiger partial charge is 0.214 e. The van der Waals surface area contributed by atoms with Crippen LogP contribution < -0.4 is 4.90 Å². The first-order valence-corrected chi connectivity index (χ1v) is 12.2. The fourth-order valence-electron chi connectivity index (χ4n) is 3.76. The van der Waals surface area contributed by atoms with E-state index < -0.39 is 10.0 Å². The van der Waals surface area contributed by atoms with Crippen molar-refractivity contribution in [3.8, 4) is 11.3 Å². The first kappa shape index (κ1) is 21.5. The minimum absolute atomic E-state index is 0.140.